The second kappa shape index (κ2) is 4.30. The number of nitro groups is 2. The van der Waals surface area contributed by atoms with Crippen LogP contribution in [0.25, 0.3) is 0 Å². The van der Waals surface area contributed by atoms with E-state index in [1.165, 1.54) is 17.7 Å². The molecule has 0 saturated carbocycles. The summed E-state index contributed by atoms with van der Waals surface area (Å²) in [6.07, 6.45) is 0. The van der Waals surface area contributed by atoms with Gasteiger partial charge < -0.3 is 0 Å². The fraction of sp³-hybridized carbons (Fsp3) is 0. The number of rotatable bonds is 3. The zero-order chi connectivity index (χ0) is 12.5. The standard InChI is InChI=1S/C7H3N2O6.Li/c10-7(11)4-2-1-3-5(8(12)13)6(4)9(14)15;/h1-2H,(H,10,11);. The number of aromatic carboxylic acids is 1. The Bertz CT molecular complexity index is 500. The van der Waals surface area contributed by atoms with Crippen molar-refractivity contribution in [2.24, 2.45) is 0 Å². The summed E-state index contributed by atoms with van der Waals surface area (Å²) in [6, 6.07) is 2.14. The summed E-state index contributed by atoms with van der Waals surface area (Å²) in [5, 5.41) is 30.0. The van der Waals surface area contributed by atoms with Gasteiger partial charge in [-0.2, -0.15) is 0 Å². The second-order valence-corrected chi connectivity index (χ2v) is 2.95. The summed E-state index contributed by atoms with van der Waals surface area (Å²) in [7, 11) is 0. The van der Waals surface area contributed by atoms with Gasteiger partial charge in [0.2, 0.25) is 0 Å². The Morgan fingerprint density at radius 3 is 2.06 bits per heavy atom. The molecule has 0 atom stereocenters. The van der Waals surface area contributed by atoms with Crippen LogP contribution in [-0.2, 0) is 0 Å². The monoisotopic (exact) mass is 218 g/mol. The van der Waals surface area contributed by atoms with Crippen molar-refractivity contribution in [2.75, 3.05) is 0 Å². The Balaban J connectivity index is 3.70. The van der Waals surface area contributed by atoms with Crippen LogP contribution >= 0.6 is 0 Å². The molecule has 8 nitrogen and oxygen atoms in total. The fourth-order valence-corrected chi connectivity index (χ4v) is 1.27. The average molecular weight is 218 g/mol. The number of nitrogens with zero attached hydrogens (tertiary/aromatic N) is 2. The third-order valence-corrected chi connectivity index (χ3v) is 1.95. The van der Waals surface area contributed by atoms with Crippen LogP contribution in [0.4, 0.5) is 11.4 Å². The minimum atomic E-state index is -1.57. The summed E-state index contributed by atoms with van der Waals surface area (Å²) >= 11 is 1.30. The molecule has 0 heterocycles. The number of carboxylic acids is 1. The van der Waals surface area contributed by atoms with Crippen LogP contribution in [0.3, 0.4) is 0 Å². The molecule has 0 amide bonds. The van der Waals surface area contributed by atoms with Gasteiger partial charge in [0.25, 0.3) is 0 Å². The molecule has 0 aliphatic heterocycles. The Kier molecular flexibility index (Phi) is 3.27. The molecule has 0 aliphatic rings. The molecule has 0 radical (unpaired) electrons. The summed E-state index contributed by atoms with van der Waals surface area (Å²) in [5.74, 6) is -1.57. The summed E-state index contributed by atoms with van der Waals surface area (Å²) < 4.78 is 0.0432. The number of hydrogen-bond acceptors (Lipinski definition) is 5. The topological polar surface area (TPSA) is 124 Å². The zero-order valence-electron chi connectivity index (χ0n) is 8.04. The molecule has 78 valence electrons. The first-order chi connectivity index (χ1) is 7.36. The van der Waals surface area contributed by atoms with Gasteiger partial charge in [0.05, 0.1) is 0 Å². The number of carbonyl (C=O) groups is 1. The van der Waals surface area contributed by atoms with E-state index >= 15 is 0 Å². The summed E-state index contributed by atoms with van der Waals surface area (Å²) in [5.41, 5.74) is -2.47. The van der Waals surface area contributed by atoms with Gasteiger partial charge in [0.1, 0.15) is 0 Å². The molecule has 0 bridgehead atoms. The number of carboxylic acid groups (broad SMARTS) is 1. The van der Waals surface area contributed by atoms with E-state index in [2.05, 4.69) is 0 Å². The average Bonchev–Trinajstić information content (AvgIpc) is 2.15. The van der Waals surface area contributed by atoms with Gasteiger partial charge in [0, 0.05) is 0 Å². The maximum absolute atomic E-state index is 10.7. The zero-order valence-corrected chi connectivity index (χ0v) is 8.04. The predicted molar refractivity (Wildman–Crippen MR) is 52.1 cm³/mol. The van der Waals surface area contributed by atoms with Gasteiger partial charge in [-0.15, -0.1) is 0 Å². The molecule has 1 aromatic carbocycles. The van der Waals surface area contributed by atoms with E-state index < -0.39 is 32.8 Å². The van der Waals surface area contributed by atoms with E-state index in [0.29, 0.717) is 0 Å². The van der Waals surface area contributed by atoms with Crippen LogP contribution in [0.2, 0.25) is 0 Å². The van der Waals surface area contributed by atoms with Crippen molar-refractivity contribution in [3.05, 3.63) is 37.9 Å². The first-order valence-corrected chi connectivity index (χ1v) is 4.02. The Morgan fingerprint density at radius 1 is 1.19 bits per heavy atom. The SMILES string of the molecule is [Li][c]1ccc(C(=O)O)c([N+](=O)[O-])c1[N+](=O)[O-]. The minimum absolute atomic E-state index is 0.0432. The fourth-order valence-electron chi connectivity index (χ4n) is 1.27. The van der Waals surface area contributed by atoms with Crippen molar-refractivity contribution in [3.8, 4) is 0 Å². The maximum atomic E-state index is 10.7. The van der Waals surface area contributed by atoms with Gasteiger partial charge in [0.15, 0.2) is 0 Å². The molecule has 0 aromatic heterocycles. The normalized spacial score (nSPS) is 9.88. The van der Waals surface area contributed by atoms with Gasteiger partial charge in [-0.05, 0) is 0 Å². The van der Waals surface area contributed by atoms with E-state index in [0.717, 1.165) is 12.1 Å². The quantitative estimate of drug-likeness (QED) is 0.432. The summed E-state index contributed by atoms with van der Waals surface area (Å²) in [6.45, 7) is 0. The van der Waals surface area contributed by atoms with Crippen molar-refractivity contribution >= 4 is 39.3 Å². The van der Waals surface area contributed by atoms with Crippen LogP contribution in [0.5, 0.6) is 0 Å². The van der Waals surface area contributed by atoms with Crippen molar-refractivity contribution in [3.63, 3.8) is 0 Å². The van der Waals surface area contributed by atoms with Gasteiger partial charge >= 0.3 is 97.0 Å². The van der Waals surface area contributed by atoms with E-state index in [9.17, 15) is 25.0 Å². The molecule has 1 aromatic rings. The number of nitro benzene ring substituents is 2. The van der Waals surface area contributed by atoms with Gasteiger partial charge in [-0.25, -0.2) is 0 Å². The molecule has 16 heavy (non-hydrogen) atoms. The molecule has 0 fully saturated rings. The summed E-state index contributed by atoms with van der Waals surface area (Å²) in [4.78, 5) is 29.9. The first-order valence-electron chi connectivity index (χ1n) is 4.02. The second-order valence-electron chi connectivity index (χ2n) is 2.95. The third-order valence-electron chi connectivity index (χ3n) is 1.95. The third kappa shape index (κ3) is 2.03. The van der Waals surface area contributed by atoms with E-state index in [1.807, 2.05) is 0 Å². The van der Waals surface area contributed by atoms with Gasteiger partial charge in [-0.1, -0.05) is 0 Å². The molecule has 1 N–H and O–H groups in total. The number of hydrogen-bond donors (Lipinski definition) is 1. The first kappa shape index (κ1) is 12.2. The molecule has 0 spiro atoms. The van der Waals surface area contributed by atoms with Crippen LogP contribution in [0.15, 0.2) is 12.1 Å². The number of benzene rings is 1. The van der Waals surface area contributed by atoms with E-state index in [4.69, 9.17) is 5.11 Å². The van der Waals surface area contributed by atoms with E-state index in [-0.39, 0.29) is 4.24 Å². The molecule has 1 rings (SSSR count). The Morgan fingerprint density at radius 2 is 1.69 bits per heavy atom. The molecule has 9 heteroatoms. The van der Waals surface area contributed by atoms with Gasteiger partial charge in [-0.3, -0.25) is 0 Å². The van der Waals surface area contributed by atoms with Crippen molar-refractivity contribution in [1.82, 2.24) is 0 Å². The predicted octanol–water partition coefficient (Wildman–Crippen LogP) is -0.00500. The van der Waals surface area contributed by atoms with Crippen molar-refractivity contribution in [2.45, 2.75) is 0 Å². The Labute approximate surface area is 97.4 Å². The Hall–Kier alpha value is -1.91. The van der Waals surface area contributed by atoms with Crippen molar-refractivity contribution < 1.29 is 19.7 Å². The molecular formula is C7H3LiN2O6. The van der Waals surface area contributed by atoms with Crippen LogP contribution in [-0.4, -0.2) is 38.6 Å². The van der Waals surface area contributed by atoms with Crippen LogP contribution in [0.1, 0.15) is 10.4 Å². The molecule has 0 aliphatic carbocycles. The molecule has 0 unspecified atom stereocenters. The van der Waals surface area contributed by atoms with Crippen molar-refractivity contribution in [1.29, 1.82) is 0 Å². The molecule has 0 saturated heterocycles. The van der Waals surface area contributed by atoms with Crippen LogP contribution in [0, 0.1) is 20.2 Å². The van der Waals surface area contributed by atoms with Crippen LogP contribution < -0.4 is 4.24 Å². The molecular weight excluding hydrogens is 215 g/mol. The van der Waals surface area contributed by atoms with E-state index in [1.54, 1.807) is 0 Å².